The van der Waals surface area contributed by atoms with Crippen molar-refractivity contribution in [3.8, 4) is 0 Å². The molecule has 0 bridgehead atoms. The minimum absolute atomic E-state index is 0.0499. The molecule has 2 aliphatic rings. The lowest BCUT2D eigenvalue weighted by atomic mass is 9.98. The maximum atomic E-state index is 13.9. The van der Waals surface area contributed by atoms with Crippen molar-refractivity contribution in [2.24, 2.45) is 0 Å². The third-order valence-electron chi connectivity index (χ3n) is 7.29. The zero-order valence-electron chi connectivity index (χ0n) is 22.5. The molecule has 2 saturated heterocycles. The lowest BCUT2D eigenvalue weighted by Crippen LogP contribution is -2.76. The van der Waals surface area contributed by atoms with Crippen LogP contribution in [0.5, 0.6) is 0 Å². The second-order valence-electron chi connectivity index (χ2n) is 10.1. The summed E-state index contributed by atoms with van der Waals surface area (Å²) in [5.41, 5.74) is 2.29. The third-order valence-corrected chi connectivity index (χ3v) is 7.29. The van der Waals surface area contributed by atoms with Crippen molar-refractivity contribution in [1.82, 2.24) is 25.1 Å². The normalized spacial score (nSPS) is 19.2. The average molecular weight is 560 g/mol. The SMILES string of the molecule is C=CCN1CC(=O)N2[C@@H](Cc3ccc(F)cc3)C(=O)N(Cc3ccc(F)cc3)C[C@@H]2N1C(=O)NCc1ccccc1. The van der Waals surface area contributed by atoms with E-state index in [1.54, 1.807) is 40.3 Å². The van der Waals surface area contributed by atoms with Gasteiger partial charge in [-0.3, -0.25) is 9.59 Å². The fourth-order valence-electron chi connectivity index (χ4n) is 5.35. The molecule has 3 aromatic rings. The van der Waals surface area contributed by atoms with E-state index < -0.39 is 29.9 Å². The Kier molecular flexibility index (Phi) is 8.39. The number of halogens is 2. The second-order valence-corrected chi connectivity index (χ2v) is 10.1. The maximum Gasteiger partial charge on any atom is 0.334 e. The van der Waals surface area contributed by atoms with Crippen LogP contribution in [0.15, 0.2) is 91.5 Å². The first-order chi connectivity index (χ1) is 19.8. The monoisotopic (exact) mass is 559 g/mol. The van der Waals surface area contributed by atoms with Gasteiger partial charge in [0.2, 0.25) is 11.8 Å². The highest BCUT2D eigenvalue weighted by Gasteiger charge is 2.51. The van der Waals surface area contributed by atoms with Crippen LogP contribution in [0, 0.1) is 11.6 Å². The highest BCUT2D eigenvalue weighted by Crippen LogP contribution is 2.29. The molecule has 0 aromatic heterocycles. The first kappa shape index (κ1) is 28.0. The Morgan fingerprint density at radius 3 is 2.17 bits per heavy atom. The van der Waals surface area contributed by atoms with Crippen molar-refractivity contribution < 1.29 is 23.2 Å². The van der Waals surface area contributed by atoms with E-state index in [9.17, 15) is 23.2 Å². The lowest BCUT2D eigenvalue weighted by molar-refractivity contribution is -0.189. The molecule has 3 aromatic carbocycles. The predicted molar refractivity (Wildman–Crippen MR) is 149 cm³/mol. The number of carbonyl (C=O) groups excluding carboxylic acids is 3. The molecule has 5 rings (SSSR count). The topological polar surface area (TPSA) is 76.2 Å². The number of urea groups is 1. The van der Waals surface area contributed by atoms with Gasteiger partial charge in [0.05, 0.1) is 13.1 Å². The fourth-order valence-corrected chi connectivity index (χ4v) is 5.35. The fraction of sp³-hybridized carbons (Fsp3) is 0.258. The van der Waals surface area contributed by atoms with Crippen molar-refractivity contribution >= 4 is 17.8 Å². The smallest absolute Gasteiger partial charge is 0.333 e. The number of nitrogens with one attached hydrogen (secondary N) is 1. The number of fused-ring (bicyclic) bond motifs is 1. The van der Waals surface area contributed by atoms with E-state index >= 15 is 0 Å². The van der Waals surface area contributed by atoms with E-state index in [4.69, 9.17) is 0 Å². The second kappa shape index (κ2) is 12.3. The van der Waals surface area contributed by atoms with Gasteiger partial charge >= 0.3 is 6.03 Å². The number of piperazine rings is 1. The van der Waals surface area contributed by atoms with Crippen molar-refractivity contribution in [3.05, 3.63) is 120 Å². The highest BCUT2D eigenvalue weighted by molar-refractivity contribution is 5.91. The summed E-state index contributed by atoms with van der Waals surface area (Å²) in [6.45, 7) is 4.40. The molecule has 1 N–H and O–H groups in total. The van der Waals surface area contributed by atoms with Crippen LogP contribution in [0.3, 0.4) is 0 Å². The number of benzene rings is 3. The zero-order valence-corrected chi connectivity index (χ0v) is 22.5. The molecule has 8 nitrogen and oxygen atoms in total. The van der Waals surface area contributed by atoms with Crippen LogP contribution in [0.2, 0.25) is 0 Å². The standard InChI is InChI=1S/C31H31F2N5O3/c1-2-16-36-21-29(39)37-27(17-22-8-12-25(32)13-9-22)30(40)35(19-24-10-14-26(33)15-11-24)20-28(37)38(36)31(41)34-18-23-6-4-3-5-7-23/h2-15,27-28H,1,16-21H2,(H,34,41)/t27-,28-/m0/s1. The van der Waals surface area contributed by atoms with Crippen molar-refractivity contribution in [1.29, 1.82) is 0 Å². The van der Waals surface area contributed by atoms with Gasteiger partial charge in [-0.05, 0) is 41.0 Å². The molecule has 2 atom stereocenters. The van der Waals surface area contributed by atoms with Gasteiger partial charge in [-0.2, -0.15) is 0 Å². The van der Waals surface area contributed by atoms with Crippen LogP contribution in [0.4, 0.5) is 13.6 Å². The van der Waals surface area contributed by atoms with Crippen LogP contribution in [0.1, 0.15) is 16.7 Å². The summed E-state index contributed by atoms with van der Waals surface area (Å²) in [6.07, 6.45) is 0.943. The van der Waals surface area contributed by atoms with Gasteiger partial charge in [0.25, 0.3) is 0 Å². The lowest BCUT2D eigenvalue weighted by Gasteiger charge is -2.55. The van der Waals surface area contributed by atoms with Gasteiger partial charge < -0.3 is 15.1 Å². The summed E-state index contributed by atoms with van der Waals surface area (Å²) in [4.78, 5) is 44.3. The van der Waals surface area contributed by atoms with E-state index in [1.807, 2.05) is 30.3 Å². The predicted octanol–water partition coefficient (Wildman–Crippen LogP) is 3.70. The number of rotatable bonds is 8. The van der Waals surface area contributed by atoms with Gasteiger partial charge in [-0.1, -0.05) is 60.7 Å². The number of amides is 4. The molecule has 2 aliphatic heterocycles. The van der Waals surface area contributed by atoms with E-state index in [0.717, 1.165) is 5.56 Å². The molecule has 2 heterocycles. The van der Waals surface area contributed by atoms with Gasteiger partial charge in [-0.15, -0.1) is 6.58 Å². The largest absolute Gasteiger partial charge is 0.334 e. The molecule has 41 heavy (non-hydrogen) atoms. The van der Waals surface area contributed by atoms with E-state index in [-0.39, 0.29) is 51.0 Å². The van der Waals surface area contributed by atoms with Gasteiger partial charge in [0.1, 0.15) is 23.8 Å². The maximum absolute atomic E-state index is 13.9. The molecule has 0 radical (unpaired) electrons. The summed E-state index contributed by atoms with van der Waals surface area (Å²) in [7, 11) is 0. The number of hydrogen-bond donors (Lipinski definition) is 1. The van der Waals surface area contributed by atoms with Gasteiger partial charge in [-0.25, -0.2) is 23.6 Å². The van der Waals surface area contributed by atoms with E-state index in [0.29, 0.717) is 11.1 Å². The van der Waals surface area contributed by atoms with Crippen LogP contribution >= 0.6 is 0 Å². The molecule has 0 saturated carbocycles. The summed E-state index contributed by atoms with van der Waals surface area (Å²) in [5, 5.41) is 6.06. The summed E-state index contributed by atoms with van der Waals surface area (Å²) in [5.74, 6) is -1.40. The number of carbonyl (C=O) groups is 3. The Morgan fingerprint density at radius 2 is 1.54 bits per heavy atom. The first-order valence-electron chi connectivity index (χ1n) is 13.4. The molecule has 0 unspecified atom stereocenters. The van der Waals surface area contributed by atoms with Crippen LogP contribution in [0.25, 0.3) is 0 Å². The molecule has 2 fully saturated rings. The molecular formula is C31H31F2N5O3. The molecule has 10 heteroatoms. The average Bonchev–Trinajstić information content (AvgIpc) is 2.97. The van der Waals surface area contributed by atoms with Crippen LogP contribution < -0.4 is 5.32 Å². The number of nitrogens with zero attached hydrogens (tertiary/aromatic N) is 4. The quantitative estimate of drug-likeness (QED) is 0.427. The van der Waals surface area contributed by atoms with Crippen molar-refractivity contribution in [3.63, 3.8) is 0 Å². The van der Waals surface area contributed by atoms with Gasteiger partial charge in [0, 0.05) is 26.1 Å². The minimum atomic E-state index is -0.928. The summed E-state index contributed by atoms with van der Waals surface area (Å²) >= 11 is 0. The van der Waals surface area contributed by atoms with Crippen molar-refractivity contribution in [2.45, 2.75) is 31.7 Å². The number of hydrogen-bond acceptors (Lipinski definition) is 4. The number of hydrazine groups is 1. The first-order valence-corrected chi connectivity index (χ1v) is 13.4. The molecular weight excluding hydrogens is 528 g/mol. The Balaban J connectivity index is 1.49. The Morgan fingerprint density at radius 1 is 0.902 bits per heavy atom. The zero-order chi connectivity index (χ0) is 28.9. The Hall–Kier alpha value is -4.57. The molecule has 212 valence electrons. The minimum Gasteiger partial charge on any atom is -0.333 e. The molecule has 0 aliphatic carbocycles. The third kappa shape index (κ3) is 6.28. The Bertz CT molecular complexity index is 1400. The Labute approximate surface area is 237 Å². The van der Waals surface area contributed by atoms with E-state index in [2.05, 4.69) is 11.9 Å². The van der Waals surface area contributed by atoms with Gasteiger partial charge in [0.15, 0.2) is 0 Å². The van der Waals surface area contributed by atoms with Crippen LogP contribution in [-0.2, 0) is 29.1 Å². The van der Waals surface area contributed by atoms with Crippen molar-refractivity contribution in [2.75, 3.05) is 19.6 Å². The molecule has 0 spiro atoms. The van der Waals surface area contributed by atoms with E-state index in [1.165, 1.54) is 34.2 Å². The summed E-state index contributed by atoms with van der Waals surface area (Å²) in [6, 6.07) is 19.7. The summed E-state index contributed by atoms with van der Waals surface area (Å²) < 4.78 is 27.2. The highest BCUT2D eigenvalue weighted by atomic mass is 19.1. The van der Waals surface area contributed by atoms with Crippen LogP contribution in [-0.4, -0.2) is 69.5 Å². The molecule has 4 amide bonds.